The van der Waals surface area contributed by atoms with Crippen LogP contribution in [0.5, 0.6) is 0 Å². The number of rotatable bonds is 1. The molecule has 1 aliphatic carbocycles. The fraction of sp³-hybridized carbons (Fsp3) is 0.600. The molecule has 1 nitrogen and oxygen atoms in total. The largest absolute Gasteiger partial charge is 0.381 e. The van der Waals surface area contributed by atoms with Crippen LogP contribution in [0.2, 0.25) is 0 Å². The Hall–Kier alpha value is -0.720. The Labute approximate surface area is 69.4 Å². The molecule has 0 spiro atoms. The van der Waals surface area contributed by atoms with Crippen molar-refractivity contribution >= 4 is 0 Å². The molecule has 11 heavy (non-hydrogen) atoms. The number of nitrogens with zero attached hydrogens (tertiary/aromatic N) is 1. The van der Waals surface area contributed by atoms with Gasteiger partial charge in [-0.15, -0.1) is 0 Å². The SMILES string of the molecule is CC1=C(C)CCC(N(C)C)=C1. The van der Waals surface area contributed by atoms with E-state index < -0.39 is 0 Å². The highest BCUT2D eigenvalue weighted by atomic mass is 15.1. The molecule has 1 aliphatic rings. The minimum absolute atomic E-state index is 1.20. The lowest BCUT2D eigenvalue weighted by Gasteiger charge is -2.22. The van der Waals surface area contributed by atoms with Crippen LogP contribution in [0.3, 0.4) is 0 Å². The maximum absolute atomic E-state index is 2.29. The standard InChI is InChI=1S/C10H17N/c1-8-5-6-10(11(3)4)7-9(8)2/h7H,5-6H2,1-4H3. The monoisotopic (exact) mass is 151 g/mol. The molecular weight excluding hydrogens is 134 g/mol. The summed E-state index contributed by atoms with van der Waals surface area (Å²) in [5.74, 6) is 0. The summed E-state index contributed by atoms with van der Waals surface area (Å²) in [6.45, 7) is 4.41. The molecule has 0 radical (unpaired) electrons. The third-order valence-electron chi connectivity index (χ3n) is 2.39. The van der Waals surface area contributed by atoms with Gasteiger partial charge in [-0.05, 0) is 32.8 Å². The third-order valence-corrected chi connectivity index (χ3v) is 2.39. The van der Waals surface area contributed by atoms with Crippen LogP contribution in [-0.4, -0.2) is 19.0 Å². The quantitative estimate of drug-likeness (QED) is 0.556. The van der Waals surface area contributed by atoms with Crippen molar-refractivity contribution < 1.29 is 0 Å². The highest BCUT2D eigenvalue weighted by molar-refractivity contribution is 5.30. The van der Waals surface area contributed by atoms with Crippen LogP contribution in [0.25, 0.3) is 0 Å². The van der Waals surface area contributed by atoms with Crippen molar-refractivity contribution in [3.05, 3.63) is 22.9 Å². The first-order valence-electron chi connectivity index (χ1n) is 4.15. The van der Waals surface area contributed by atoms with Gasteiger partial charge in [0.05, 0.1) is 0 Å². The summed E-state index contributed by atoms with van der Waals surface area (Å²) in [5.41, 5.74) is 4.43. The van der Waals surface area contributed by atoms with Gasteiger partial charge in [0.25, 0.3) is 0 Å². The molecule has 0 aliphatic heterocycles. The Bertz CT molecular complexity index is 209. The van der Waals surface area contributed by atoms with Crippen LogP contribution >= 0.6 is 0 Å². The molecular formula is C10H17N. The predicted molar refractivity (Wildman–Crippen MR) is 49.4 cm³/mol. The Morgan fingerprint density at radius 3 is 2.27 bits per heavy atom. The Balaban J connectivity index is 2.81. The van der Waals surface area contributed by atoms with Crippen LogP contribution in [0.15, 0.2) is 22.9 Å². The first-order valence-corrected chi connectivity index (χ1v) is 4.15. The maximum Gasteiger partial charge on any atom is 0.0133 e. The van der Waals surface area contributed by atoms with Gasteiger partial charge >= 0.3 is 0 Å². The average molecular weight is 151 g/mol. The highest BCUT2D eigenvalue weighted by Crippen LogP contribution is 2.23. The molecule has 0 atom stereocenters. The summed E-state index contributed by atoms with van der Waals surface area (Å²) in [6.07, 6.45) is 4.73. The molecule has 0 aromatic rings. The van der Waals surface area contributed by atoms with Crippen LogP contribution in [-0.2, 0) is 0 Å². The van der Waals surface area contributed by atoms with E-state index in [2.05, 4.69) is 38.9 Å². The van der Waals surface area contributed by atoms with Gasteiger partial charge in [-0.25, -0.2) is 0 Å². The molecule has 0 saturated heterocycles. The molecule has 0 amide bonds. The van der Waals surface area contributed by atoms with Gasteiger partial charge in [-0.1, -0.05) is 11.1 Å². The van der Waals surface area contributed by atoms with Crippen LogP contribution in [0.1, 0.15) is 26.7 Å². The van der Waals surface area contributed by atoms with E-state index in [9.17, 15) is 0 Å². The normalized spacial score (nSPS) is 18.4. The fourth-order valence-corrected chi connectivity index (χ4v) is 1.31. The van der Waals surface area contributed by atoms with Crippen molar-refractivity contribution in [3.63, 3.8) is 0 Å². The molecule has 1 rings (SSSR count). The summed E-state index contributed by atoms with van der Waals surface area (Å²) in [6, 6.07) is 0. The van der Waals surface area contributed by atoms with Crippen molar-refractivity contribution in [1.29, 1.82) is 0 Å². The second-order valence-corrected chi connectivity index (χ2v) is 3.49. The smallest absolute Gasteiger partial charge is 0.0133 e. The fourth-order valence-electron chi connectivity index (χ4n) is 1.31. The van der Waals surface area contributed by atoms with Gasteiger partial charge < -0.3 is 4.90 Å². The summed E-state index contributed by atoms with van der Waals surface area (Å²) in [4.78, 5) is 2.20. The van der Waals surface area contributed by atoms with Gasteiger partial charge in [0.1, 0.15) is 0 Å². The van der Waals surface area contributed by atoms with Crippen LogP contribution in [0, 0.1) is 0 Å². The van der Waals surface area contributed by atoms with Crippen molar-refractivity contribution in [2.75, 3.05) is 14.1 Å². The minimum Gasteiger partial charge on any atom is -0.381 e. The molecule has 0 aromatic carbocycles. The third kappa shape index (κ3) is 1.86. The molecule has 0 bridgehead atoms. The van der Waals surface area contributed by atoms with Crippen molar-refractivity contribution in [2.24, 2.45) is 0 Å². The summed E-state index contributed by atoms with van der Waals surface area (Å²) in [5, 5.41) is 0. The van der Waals surface area contributed by atoms with E-state index in [1.54, 1.807) is 0 Å². The van der Waals surface area contributed by atoms with E-state index in [1.165, 1.54) is 29.7 Å². The van der Waals surface area contributed by atoms with E-state index in [0.717, 1.165) is 0 Å². The van der Waals surface area contributed by atoms with E-state index in [0.29, 0.717) is 0 Å². The molecule has 0 N–H and O–H groups in total. The molecule has 0 unspecified atom stereocenters. The lowest BCUT2D eigenvalue weighted by atomic mass is 9.97. The Kier molecular flexibility index (Phi) is 2.38. The lowest BCUT2D eigenvalue weighted by Crippen LogP contribution is -2.13. The maximum atomic E-state index is 2.29. The first kappa shape index (κ1) is 8.38. The molecule has 0 fully saturated rings. The second kappa shape index (κ2) is 3.12. The topological polar surface area (TPSA) is 3.24 Å². The lowest BCUT2D eigenvalue weighted by molar-refractivity contribution is 0.482. The molecule has 0 aromatic heterocycles. The minimum atomic E-state index is 1.20. The predicted octanol–water partition coefficient (Wildman–Crippen LogP) is 2.56. The summed E-state index contributed by atoms with van der Waals surface area (Å²) >= 11 is 0. The zero-order chi connectivity index (χ0) is 8.43. The number of hydrogen-bond acceptors (Lipinski definition) is 1. The Morgan fingerprint density at radius 2 is 1.82 bits per heavy atom. The molecule has 1 heteroatoms. The van der Waals surface area contributed by atoms with E-state index in [4.69, 9.17) is 0 Å². The number of hydrogen-bond donors (Lipinski definition) is 0. The van der Waals surface area contributed by atoms with Gasteiger partial charge in [0.15, 0.2) is 0 Å². The van der Waals surface area contributed by atoms with E-state index in [1.807, 2.05) is 0 Å². The van der Waals surface area contributed by atoms with E-state index in [-0.39, 0.29) is 0 Å². The van der Waals surface area contributed by atoms with Gasteiger partial charge in [0, 0.05) is 19.8 Å². The van der Waals surface area contributed by atoms with Gasteiger partial charge in [0.2, 0.25) is 0 Å². The van der Waals surface area contributed by atoms with Gasteiger partial charge in [-0.2, -0.15) is 0 Å². The van der Waals surface area contributed by atoms with E-state index >= 15 is 0 Å². The van der Waals surface area contributed by atoms with Crippen LogP contribution < -0.4 is 0 Å². The van der Waals surface area contributed by atoms with Crippen molar-refractivity contribution in [3.8, 4) is 0 Å². The average Bonchev–Trinajstić information content (AvgIpc) is 1.94. The Morgan fingerprint density at radius 1 is 1.18 bits per heavy atom. The summed E-state index contributed by atoms with van der Waals surface area (Å²) in [7, 11) is 4.22. The van der Waals surface area contributed by atoms with Gasteiger partial charge in [-0.3, -0.25) is 0 Å². The zero-order valence-electron chi connectivity index (χ0n) is 7.94. The zero-order valence-corrected chi connectivity index (χ0v) is 7.94. The molecule has 0 heterocycles. The second-order valence-electron chi connectivity index (χ2n) is 3.49. The first-order chi connectivity index (χ1) is 5.11. The molecule has 0 saturated carbocycles. The summed E-state index contributed by atoms with van der Waals surface area (Å²) < 4.78 is 0. The number of allylic oxidation sites excluding steroid dienone is 4. The van der Waals surface area contributed by atoms with Crippen molar-refractivity contribution in [1.82, 2.24) is 4.90 Å². The van der Waals surface area contributed by atoms with Crippen LogP contribution in [0.4, 0.5) is 0 Å². The van der Waals surface area contributed by atoms with Crippen molar-refractivity contribution in [2.45, 2.75) is 26.7 Å². The highest BCUT2D eigenvalue weighted by Gasteiger charge is 2.07. The molecule has 62 valence electrons.